The second-order valence-electron chi connectivity index (χ2n) is 4.68. The summed E-state index contributed by atoms with van der Waals surface area (Å²) in [5.74, 6) is 0.644. The fraction of sp³-hybridized carbons (Fsp3) is 0.500. The van der Waals surface area contributed by atoms with Crippen molar-refractivity contribution in [3.05, 3.63) is 29.8 Å². The molecule has 2 nitrogen and oxygen atoms in total. The summed E-state index contributed by atoms with van der Waals surface area (Å²) in [5, 5.41) is 4.56. The van der Waals surface area contributed by atoms with E-state index in [4.69, 9.17) is 0 Å². The highest BCUT2D eigenvalue weighted by molar-refractivity contribution is 5.87. The van der Waals surface area contributed by atoms with Gasteiger partial charge in [0, 0.05) is 5.71 Å². The Labute approximate surface area is 97.8 Å². The molecule has 2 heteroatoms. The van der Waals surface area contributed by atoms with Crippen molar-refractivity contribution in [2.45, 2.75) is 39.5 Å². The number of nitrogens with one attached hydrogen (secondary N) is 1. The van der Waals surface area contributed by atoms with Gasteiger partial charge < -0.3 is 0 Å². The molecule has 1 aliphatic rings. The first-order valence-electron chi connectivity index (χ1n) is 6.15. The Hall–Kier alpha value is -1.31. The largest absolute Gasteiger partial charge is 0.278 e. The van der Waals surface area contributed by atoms with E-state index >= 15 is 0 Å². The molecule has 0 saturated heterocycles. The molecule has 1 fully saturated rings. The molecule has 1 N–H and O–H groups in total. The van der Waals surface area contributed by atoms with E-state index in [0.717, 1.165) is 12.1 Å². The summed E-state index contributed by atoms with van der Waals surface area (Å²) in [6, 6.07) is 8.27. The molecule has 0 aromatic heterocycles. The van der Waals surface area contributed by atoms with Crippen molar-refractivity contribution in [2.75, 3.05) is 5.43 Å². The molecule has 1 aliphatic carbocycles. The number of nitrogens with zero attached hydrogens (tertiary/aromatic N) is 1. The number of hydrogen-bond donors (Lipinski definition) is 1. The molecule has 86 valence electrons. The van der Waals surface area contributed by atoms with Crippen LogP contribution in [-0.2, 0) is 0 Å². The summed E-state index contributed by atoms with van der Waals surface area (Å²) in [6.45, 7) is 4.38. The summed E-state index contributed by atoms with van der Waals surface area (Å²) in [6.07, 6.45) is 5.08. The Kier molecular flexibility index (Phi) is 3.60. The summed E-state index contributed by atoms with van der Waals surface area (Å²) >= 11 is 0. The Morgan fingerprint density at radius 3 is 2.81 bits per heavy atom. The fourth-order valence-corrected chi connectivity index (χ4v) is 2.17. The molecule has 0 spiro atoms. The van der Waals surface area contributed by atoms with Crippen LogP contribution in [0.2, 0.25) is 0 Å². The lowest BCUT2D eigenvalue weighted by atomic mass is 9.89. The van der Waals surface area contributed by atoms with Crippen molar-refractivity contribution in [3.8, 4) is 0 Å². The van der Waals surface area contributed by atoms with E-state index in [2.05, 4.69) is 42.6 Å². The number of benzene rings is 1. The number of hydrogen-bond acceptors (Lipinski definition) is 2. The van der Waals surface area contributed by atoms with Gasteiger partial charge in [-0.2, -0.15) is 5.10 Å². The van der Waals surface area contributed by atoms with Crippen LogP contribution in [0.15, 0.2) is 29.4 Å². The van der Waals surface area contributed by atoms with E-state index in [9.17, 15) is 0 Å². The molecular formula is C14H20N2. The Balaban J connectivity index is 2.05. The molecule has 2 rings (SSSR count). The molecule has 0 aliphatic heterocycles. The highest BCUT2D eigenvalue weighted by Gasteiger charge is 2.15. The van der Waals surface area contributed by atoms with Crippen molar-refractivity contribution in [2.24, 2.45) is 11.0 Å². The van der Waals surface area contributed by atoms with Crippen LogP contribution in [0.25, 0.3) is 0 Å². The van der Waals surface area contributed by atoms with Gasteiger partial charge in [0.1, 0.15) is 0 Å². The first-order chi connectivity index (χ1) is 7.77. The van der Waals surface area contributed by atoms with E-state index in [1.807, 2.05) is 6.07 Å². The first kappa shape index (κ1) is 11.2. The first-order valence-corrected chi connectivity index (χ1v) is 6.15. The highest BCUT2D eigenvalue weighted by Crippen LogP contribution is 2.22. The molecule has 1 aromatic rings. The SMILES string of the molecule is Cc1ccccc1N/N=C1\CCCCC1C. The molecule has 0 heterocycles. The van der Waals surface area contributed by atoms with E-state index in [1.54, 1.807) is 0 Å². The van der Waals surface area contributed by atoms with E-state index in [1.165, 1.54) is 30.5 Å². The summed E-state index contributed by atoms with van der Waals surface area (Å²) in [7, 11) is 0. The zero-order valence-electron chi connectivity index (χ0n) is 10.2. The van der Waals surface area contributed by atoms with Crippen LogP contribution in [0, 0.1) is 12.8 Å². The topological polar surface area (TPSA) is 24.4 Å². The molecule has 1 saturated carbocycles. The average Bonchev–Trinajstić information content (AvgIpc) is 2.30. The van der Waals surface area contributed by atoms with Crippen LogP contribution >= 0.6 is 0 Å². The van der Waals surface area contributed by atoms with Crippen LogP contribution in [0.1, 0.15) is 38.2 Å². The van der Waals surface area contributed by atoms with Gasteiger partial charge in [0.15, 0.2) is 0 Å². The third-order valence-corrected chi connectivity index (χ3v) is 3.35. The minimum atomic E-state index is 0.644. The lowest BCUT2D eigenvalue weighted by molar-refractivity contribution is 0.558. The average molecular weight is 216 g/mol. The Morgan fingerprint density at radius 1 is 1.25 bits per heavy atom. The van der Waals surface area contributed by atoms with Crippen LogP contribution < -0.4 is 5.43 Å². The van der Waals surface area contributed by atoms with Gasteiger partial charge in [0.25, 0.3) is 0 Å². The molecule has 0 radical (unpaired) electrons. The predicted octanol–water partition coefficient (Wildman–Crippen LogP) is 3.97. The van der Waals surface area contributed by atoms with Gasteiger partial charge in [-0.1, -0.05) is 31.5 Å². The monoisotopic (exact) mass is 216 g/mol. The quantitative estimate of drug-likeness (QED) is 0.743. The van der Waals surface area contributed by atoms with Crippen LogP contribution in [-0.4, -0.2) is 5.71 Å². The zero-order chi connectivity index (χ0) is 11.4. The van der Waals surface area contributed by atoms with E-state index < -0.39 is 0 Å². The number of rotatable bonds is 2. The number of para-hydroxylation sites is 1. The standard InChI is InChI=1S/C14H20N2/c1-11-7-3-5-9-13(11)15-16-14-10-6-4-8-12(14)2/h3,5,7,9,12,15H,4,6,8,10H2,1-2H3/b16-14+. The predicted molar refractivity (Wildman–Crippen MR) is 69.9 cm³/mol. The number of anilines is 1. The second kappa shape index (κ2) is 5.15. The Morgan fingerprint density at radius 2 is 2.06 bits per heavy atom. The Bertz CT molecular complexity index is 382. The summed E-state index contributed by atoms with van der Waals surface area (Å²) in [4.78, 5) is 0. The third-order valence-electron chi connectivity index (χ3n) is 3.35. The van der Waals surface area contributed by atoms with Gasteiger partial charge in [-0.3, -0.25) is 5.43 Å². The van der Waals surface area contributed by atoms with E-state index in [0.29, 0.717) is 5.92 Å². The maximum absolute atomic E-state index is 4.56. The summed E-state index contributed by atoms with van der Waals surface area (Å²) in [5.41, 5.74) is 6.89. The van der Waals surface area contributed by atoms with Crippen molar-refractivity contribution in [1.29, 1.82) is 0 Å². The zero-order valence-corrected chi connectivity index (χ0v) is 10.2. The molecule has 1 atom stereocenters. The van der Waals surface area contributed by atoms with Gasteiger partial charge in [-0.25, -0.2) is 0 Å². The number of hydrazone groups is 1. The van der Waals surface area contributed by atoms with Crippen molar-refractivity contribution in [3.63, 3.8) is 0 Å². The molecule has 1 unspecified atom stereocenters. The normalized spacial score (nSPS) is 23.4. The summed E-state index contributed by atoms with van der Waals surface area (Å²) < 4.78 is 0. The van der Waals surface area contributed by atoms with Gasteiger partial charge in [-0.15, -0.1) is 0 Å². The van der Waals surface area contributed by atoms with Crippen molar-refractivity contribution >= 4 is 11.4 Å². The smallest absolute Gasteiger partial charge is 0.0590 e. The second-order valence-corrected chi connectivity index (χ2v) is 4.68. The molecule has 1 aromatic carbocycles. The minimum absolute atomic E-state index is 0.644. The van der Waals surface area contributed by atoms with Gasteiger partial charge >= 0.3 is 0 Å². The van der Waals surface area contributed by atoms with Crippen LogP contribution in [0.4, 0.5) is 5.69 Å². The maximum Gasteiger partial charge on any atom is 0.0590 e. The van der Waals surface area contributed by atoms with E-state index in [-0.39, 0.29) is 0 Å². The lowest BCUT2D eigenvalue weighted by Gasteiger charge is -2.20. The third kappa shape index (κ3) is 2.63. The molecule has 0 amide bonds. The lowest BCUT2D eigenvalue weighted by Crippen LogP contribution is -2.17. The van der Waals surface area contributed by atoms with Gasteiger partial charge in [-0.05, 0) is 43.7 Å². The van der Waals surface area contributed by atoms with Gasteiger partial charge in [0.05, 0.1) is 5.69 Å². The molecule has 16 heavy (non-hydrogen) atoms. The fourth-order valence-electron chi connectivity index (χ4n) is 2.17. The molecular weight excluding hydrogens is 196 g/mol. The van der Waals surface area contributed by atoms with Crippen LogP contribution in [0.3, 0.4) is 0 Å². The van der Waals surface area contributed by atoms with Crippen LogP contribution in [0.5, 0.6) is 0 Å². The molecule has 0 bridgehead atoms. The minimum Gasteiger partial charge on any atom is -0.278 e. The van der Waals surface area contributed by atoms with Crippen molar-refractivity contribution in [1.82, 2.24) is 0 Å². The maximum atomic E-state index is 4.56. The van der Waals surface area contributed by atoms with Crippen molar-refractivity contribution < 1.29 is 0 Å². The number of aryl methyl sites for hydroxylation is 1. The van der Waals surface area contributed by atoms with Gasteiger partial charge in [0.2, 0.25) is 0 Å². The highest BCUT2D eigenvalue weighted by atomic mass is 15.3.